The largest absolute Gasteiger partial charge is 0.478 e. The summed E-state index contributed by atoms with van der Waals surface area (Å²) in [5.74, 6) is -1.18. The molecular formula is C12H18N2O5S. The fourth-order valence-electron chi connectivity index (χ4n) is 1.57. The van der Waals surface area contributed by atoms with Gasteiger partial charge in [0.1, 0.15) is 4.90 Å². The minimum absolute atomic E-state index is 0.0822. The van der Waals surface area contributed by atoms with Crippen LogP contribution in [0.4, 0.5) is 5.69 Å². The van der Waals surface area contributed by atoms with Crippen LogP contribution in [0.5, 0.6) is 0 Å². The Morgan fingerprint density at radius 2 is 2.10 bits per heavy atom. The van der Waals surface area contributed by atoms with Gasteiger partial charge in [0.15, 0.2) is 0 Å². The highest BCUT2D eigenvalue weighted by Crippen LogP contribution is 2.22. The molecule has 0 aliphatic heterocycles. The molecule has 0 saturated carbocycles. The molecule has 0 aliphatic rings. The Morgan fingerprint density at radius 1 is 1.40 bits per heavy atom. The minimum Gasteiger partial charge on any atom is -0.478 e. The molecule has 112 valence electrons. The number of carbonyl (C=O) groups is 1. The maximum absolute atomic E-state index is 11.9. The number of ether oxygens (including phenoxy) is 1. The van der Waals surface area contributed by atoms with E-state index < -0.39 is 16.0 Å². The van der Waals surface area contributed by atoms with Crippen LogP contribution in [0.25, 0.3) is 0 Å². The Balaban J connectivity index is 3.07. The average molecular weight is 302 g/mol. The summed E-state index contributed by atoms with van der Waals surface area (Å²) in [5, 5.41) is 11.9. The summed E-state index contributed by atoms with van der Waals surface area (Å²) in [6.07, 6.45) is 0.705. The predicted octanol–water partition coefficient (Wildman–Crippen LogP) is 0.741. The van der Waals surface area contributed by atoms with Crippen molar-refractivity contribution in [2.24, 2.45) is 0 Å². The molecule has 0 fully saturated rings. The quantitative estimate of drug-likeness (QED) is 0.612. The molecule has 0 atom stereocenters. The van der Waals surface area contributed by atoms with E-state index in [0.717, 1.165) is 6.07 Å². The molecule has 1 rings (SSSR count). The Kier molecular flexibility index (Phi) is 5.93. The van der Waals surface area contributed by atoms with E-state index in [-0.39, 0.29) is 10.5 Å². The smallest absolute Gasteiger partial charge is 0.335 e. The van der Waals surface area contributed by atoms with Crippen molar-refractivity contribution < 1.29 is 23.1 Å². The van der Waals surface area contributed by atoms with E-state index in [0.29, 0.717) is 25.3 Å². The number of methoxy groups -OCH3 is 1. The van der Waals surface area contributed by atoms with Crippen LogP contribution in [0.2, 0.25) is 0 Å². The van der Waals surface area contributed by atoms with E-state index in [2.05, 4.69) is 10.0 Å². The zero-order valence-electron chi connectivity index (χ0n) is 11.3. The highest BCUT2D eigenvalue weighted by Gasteiger charge is 2.19. The van der Waals surface area contributed by atoms with Crippen molar-refractivity contribution in [3.8, 4) is 0 Å². The van der Waals surface area contributed by atoms with Crippen molar-refractivity contribution in [1.29, 1.82) is 0 Å². The molecule has 8 heteroatoms. The summed E-state index contributed by atoms with van der Waals surface area (Å²) < 4.78 is 30.9. The van der Waals surface area contributed by atoms with Gasteiger partial charge < -0.3 is 15.2 Å². The van der Waals surface area contributed by atoms with Gasteiger partial charge >= 0.3 is 5.97 Å². The number of rotatable bonds is 8. The monoisotopic (exact) mass is 302 g/mol. The second-order valence-corrected chi connectivity index (χ2v) is 5.85. The number of aromatic carboxylic acids is 1. The van der Waals surface area contributed by atoms with E-state index in [1.807, 2.05) is 0 Å². The van der Waals surface area contributed by atoms with Crippen LogP contribution in [0.1, 0.15) is 16.8 Å². The molecule has 0 heterocycles. The van der Waals surface area contributed by atoms with Gasteiger partial charge in [-0.05, 0) is 31.7 Å². The number of anilines is 1. The minimum atomic E-state index is -3.73. The molecule has 0 spiro atoms. The summed E-state index contributed by atoms with van der Waals surface area (Å²) in [5.41, 5.74) is 0.279. The highest BCUT2D eigenvalue weighted by molar-refractivity contribution is 7.89. The summed E-state index contributed by atoms with van der Waals surface area (Å²) in [7, 11) is -0.877. The van der Waals surface area contributed by atoms with E-state index >= 15 is 0 Å². The predicted molar refractivity (Wildman–Crippen MR) is 74.6 cm³/mol. The van der Waals surface area contributed by atoms with Gasteiger partial charge in [-0.1, -0.05) is 0 Å². The molecule has 0 unspecified atom stereocenters. The maximum Gasteiger partial charge on any atom is 0.335 e. The fourth-order valence-corrected chi connectivity index (χ4v) is 2.51. The molecule has 20 heavy (non-hydrogen) atoms. The van der Waals surface area contributed by atoms with Gasteiger partial charge in [-0.25, -0.2) is 17.9 Å². The fraction of sp³-hybridized carbons (Fsp3) is 0.417. The first-order valence-corrected chi connectivity index (χ1v) is 7.44. The number of sulfonamides is 1. The van der Waals surface area contributed by atoms with Gasteiger partial charge in [0.25, 0.3) is 0 Å². The van der Waals surface area contributed by atoms with E-state index in [1.54, 1.807) is 7.11 Å². The van der Waals surface area contributed by atoms with Crippen molar-refractivity contribution in [2.45, 2.75) is 11.3 Å². The molecule has 0 aliphatic carbocycles. The summed E-state index contributed by atoms with van der Waals surface area (Å²) in [6.45, 7) is 1.07. The van der Waals surface area contributed by atoms with Crippen LogP contribution in [-0.4, -0.2) is 46.8 Å². The summed E-state index contributed by atoms with van der Waals surface area (Å²) in [4.78, 5) is 10.8. The Hall–Kier alpha value is -1.64. The zero-order chi connectivity index (χ0) is 15.2. The molecule has 0 aromatic heterocycles. The number of carboxylic acids is 1. The van der Waals surface area contributed by atoms with Crippen molar-refractivity contribution in [1.82, 2.24) is 4.72 Å². The second kappa shape index (κ2) is 7.22. The summed E-state index contributed by atoms with van der Waals surface area (Å²) in [6, 6.07) is 3.93. The lowest BCUT2D eigenvalue weighted by molar-refractivity contribution is 0.0696. The lowest BCUT2D eigenvalue weighted by Gasteiger charge is -2.12. The Morgan fingerprint density at radius 3 is 2.65 bits per heavy atom. The third-order valence-corrected chi connectivity index (χ3v) is 4.08. The first kappa shape index (κ1) is 16.4. The first-order chi connectivity index (χ1) is 9.42. The number of nitrogens with one attached hydrogen (secondary N) is 2. The number of carboxylic acid groups (broad SMARTS) is 1. The molecule has 1 aromatic carbocycles. The Labute approximate surface area is 118 Å². The van der Waals surface area contributed by atoms with Crippen molar-refractivity contribution in [3.05, 3.63) is 23.8 Å². The van der Waals surface area contributed by atoms with E-state index in [4.69, 9.17) is 9.84 Å². The van der Waals surface area contributed by atoms with E-state index in [1.165, 1.54) is 19.2 Å². The molecule has 3 N–H and O–H groups in total. The van der Waals surface area contributed by atoms with Crippen molar-refractivity contribution in [2.75, 3.05) is 32.6 Å². The van der Waals surface area contributed by atoms with Gasteiger partial charge in [-0.2, -0.15) is 0 Å². The van der Waals surface area contributed by atoms with Crippen LogP contribution >= 0.6 is 0 Å². The maximum atomic E-state index is 11.9. The lowest BCUT2D eigenvalue weighted by atomic mass is 10.2. The third kappa shape index (κ3) is 4.19. The molecule has 0 radical (unpaired) electrons. The second-order valence-electron chi connectivity index (χ2n) is 4.00. The van der Waals surface area contributed by atoms with Crippen LogP contribution < -0.4 is 10.0 Å². The molecule has 0 bridgehead atoms. The van der Waals surface area contributed by atoms with Crippen molar-refractivity contribution >= 4 is 21.7 Å². The first-order valence-electron chi connectivity index (χ1n) is 5.96. The molecule has 1 aromatic rings. The number of benzene rings is 1. The topological polar surface area (TPSA) is 105 Å². The highest BCUT2D eigenvalue weighted by atomic mass is 32.2. The number of hydrogen-bond donors (Lipinski definition) is 3. The van der Waals surface area contributed by atoms with Gasteiger partial charge in [-0.3, -0.25) is 0 Å². The Bertz CT molecular complexity index is 571. The normalized spacial score (nSPS) is 11.3. The van der Waals surface area contributed by atoms with Gasteiger partial charge in [-0.15, -0.1) is 0 Å². The van der Waals surface area contributed by atoms with Crippen molar-refractivity contribution in [3.63, 3.8) is 0 Å². The van der Waals surface area contributed by atoms with Crippen LogP contribution in [0, 0.1) is 0 Å². The van der Waals surface area contributed by atoms with Gasteiger partial charge in [0.05, 0.1) is 11.3 Å². The van der Waals surface area contributed by atoms with Crippen LogP contribution in [0.15, 0.2) is 23.1 Å². The van der Waals surface area contributed by atoms with E-state index in [9.17, 15) is 13.2 Å². The van der Waals surface area contributed by atoms with Crippen LogP contribution in [0.3, 0.4) is 0 Å². The number of hydrogen-bond acceptors (Lipinski definition) is 5. The van der Waals surface area contributed by atoms with Gasteiger partial charge in [0.2, 0.25) is 10.0 Å². The standard InChI is InChI=1S/C12H18N2O5S/c1-13-20(17,18)11-8-9(12(15)16)4-5-10(11)14-6-3-7-19-2/h4-5,8,13-14H,3,6-7H2,1-2H3,(H,15,16). The van der Waals surface area contributed by atoms with Gasteiger partial charge in [0, 0.05) is 20.3 Å². The lowest BCUT2D eigenvalue weighted by Crippen LogP contribution is -2.21. The SMILES string of the molecule is CNS(=O)(=O)c1cc(C(=O)O)ccc1NCCCOC. The molecular weight excluding hydrogens is 284 g/mol. The molecule has 0 amide bonds. The molecule has 0 saturated heterocycles. The van der Waals surface area contributed by atoms with Crippen LogP contribution in [-0.2, 0) is 14.8 Å². The third-order valence-electron chi connectivity index (χ3n) is 2.63. The zero-order valence-corrected chi connectivity index (χ0v) is 12.2. The average Bonchev–Trinajstić information content (AvgIpc) is 2.43. The summed E-state index contributed by atoms with van der Waals surface area (Å²) >= 11 is 0. The molecule has 7 nitrogen and oxygen atoms in total.